The summed E-state index contributed by atoms with van der Waals surface area (Å²) < 4.78 is 23.1. The number of nitrogens with two attached hydrogens (primary N) is 1. The Morgan fingerprint density at radius 3 is 2.37 bits per heavy atom. The molecule has 2 N–H and O–H groups in total. The Morgan fingerprint density at radius 1 is 1.37 bits per heavy atom. The second-order valence-corrected chi connectivity index (χ2v) is 4.54. The van der Waals surface area contributed by atoms with Crippen LogP contribution in [0, 0.1) is 5.82 Å². The molecule has 0 bridgehead atoms. The predicted molar refractivity (Wildman–Crippen MR) is 70.2 cm³/mol. The zero-order valence-corrected chi connectivity index (χ0v) is 11.5. The molecular weight excluding hydrogens is 249 g/mol. The summed E-state index contributed by atoms with van der Waals surface area (Å²) in [5.74, 6) is -0.801. The van der Waals surface area contributed by atoms with Crippen molar-refractivity contribution >= 4 is 5.97 Å². The lowest BCUT2D eigenvalue weighted by atomic mass is 9.76. The standard InChI is InChI=1S/C14H20FNO3/c1-10(18-2)8-14(9-16,13(17)19-3)11-4-6-12(15)7-5-11/h4-7,10H,8-9,16H2,1-3H3. The number of methoxy groups -OCH3 is 2. The van der Waals surface area contributed by atoms with Gasteiger partial charge in [0.15, 0.2) is 0 Å². The van der Waals surface area contributed by atoms with Gasteiger partial charge in [-0.25, -0.2) is 4.39 Å². The van der Waals surface area contributed by atoms with Crippen LogP contribution in [0.15, 0.2) is 24.3 Å². The van der Waals surface area contributed by atoms with E-state index in [-0.39, 0.29) is 18.5 Å². The number of carbonyl (C=O) groups is 1. The van der Waals surface area contributed by atoms with Crippen molar-refractivity contribution in [3.63, 3.8) is 0 Å². The van der Waals surface area contributed by atoms with Crippen molar-refractivity contribution in [2.24, 2.45) is 5.73 Å². The highest BCUT2D eigenvalue weighted by atomic mass is 19.1. The van der Waals surface area contributed by atoms with Crippen LogP contribution in [0.3, 0.4) is 0 Å². The lowest BCUT2D eigenvalue weighted by Crippen LogP contribution is -2.46. The van der Waals surface area contributed by atoms with E-state index in [1.54, 1.807) is 19.2 Å². The van der Waals surface area contributed by atoms with Gasteiger partial charge in [0.05, 0.1) is 13.2 Å². The van der Waals surface area contributed by atoms with Crippen molar-refractivity contribution in [2.45, 2.75) is 24.9 Å². The minimum atomic E-state index is -1.02. The van der Waals surface area contributed by atoms with E-state index in [0.29, 0.717) is 12.0 Å². The third-order valence-electron chi connectivity index (χ3n) is 3.36. The number of rotatable bonds is 6. The highest BCUT2D eigenvalue weighted by Crippen LogP contribution is 2.31. The molecule has 0 saturated carbocycles. The van der Waals surface area contributed by atoms with Crippen LogP contribution in [0.5, 0.6) is 0 Å². The Bertz CT molecular complexity index is 421. The molecule has 2 unspecified atom stereocenters. The summed E-state index contributed by atoms with van der Waals surface area (Å²) in [6.07, 6.45) is 0.200. The summed E-state index contributed by atoms with van der Waals surface area (Å²) in [5, 5.41) is 0. The summed E-state index contributed by atoms with van der Waals surface area (Å²) in [7, 11) is 2.88. The number of hydrogen-bond acceptors (Lipinski definition) is 4. The maximum Gasteiger partial charge on any atom is 0.317 e. The predicted octanol–water partition coefficient (Wildman–Crippen LogP) is 1.62. The molecule has 0 saturated heterocycles. The van der Waals surface area contributed by atoms with Crippen molar-refractivity contribution in [3.05, 3.63) is 35.6 Å². The quantitative estimate of drug-likeness (QED) is 0.797. The lowest BCUT2D eigenvalue weighted by Gasteiger charge is -2.32. The molecule has 0 fully saturated rings. The first-order valence-corrected chi connectivity index (χ1v) is 6.07. The van der Waals surface area contributed by atoms with Gasteiger partial charge in [-0.15, -0.1) is 0 Å². The van der Waals surface area contributed by atoms with Crippen LogP contribution in [0.4, 0.5) is 4.39 Å². The molecule has 4 nitrogen and oxygen atoms in total. The van der Waals surface area contributed by atoms with E-state index in [9.17, 15) is 9.18 Å². The van der Waals surface area contributed by atoms with Crippen molar-refractivity contribution in [2.75, 3.05) is 20.8 Å². The monoisotopic (exact) mass is 269 g/mol. The van der Waals surface area contributed by atoms with Gasteiger partial charge in [0, 0.05) is 13.7 Å². The molecule has 0 aliphatic carbocycles. The van der Waals surface area contributed by atoms with Crippen LogP contribution < -0.4 is 5.73 Å². The normalized spacial score (nSPS) is 15.6. The van der Waals surface area contributed by atoms with Gasteiger partial charge < -0.3 is 15.2 Å². The Hall–Kier alpha value is -1.46. The third-order valence-corrected chi connectivity index (χ3v) is 3.36. The van der Waals surface area contributed by atoms with Gasteiger partial charge in [-0.05, 0) is 31.0 Å². The fourth-order valence-corrected chi connectivity index (χ4v) is 2.14. The Morgan fingerprint density at radius 2 is 1.95 bits per heavy atom. The molecule has 0 aromatic heterocycles. The van der Waals surface area contributed by atoms with E-state index >= 15 is 0 Å². The molecule has 106 valence electrons. The molecule has 0 aliphatic rings. The van der Waals surface area contributed by atoms with Gasteiger partial charge >= 0.3 is 5.97 Å². The van der Waals surface area contributed by atoms with Crippen LogP contribution in [-0.2, 0) is 19.7 Å². The van der Waals surface area contributed by atoms with Crippen molar-refractivity contribution in [1.29, 1.82) is 0 Å². The number of ether oxygens (including phenoxy) is 2. The highest BCUT2D eigenvalue weighted by Gasteiger charge is 2.41. The van der Waals surface area contributed by atoms with Gasteiger partial charge in [-0.1, -0.05) is 12.1 Å². The average molecular weight is 269 g/mol. The largest absolute Gasteiger partial charge is 0.468 e. The molecule has 0 aliphatic heterocycles. The summed E-state index contributed by atoms with van der Waals surface area (Å²) in [6, 6.07) is 5.73. The Balaban J connectivity index is 3.23. The second kappa shape index (κ2) is 6.63. The summed E-state index contributed by atoms with van der Waals surface area (Å²) in [4.78, 5) is 12.2. The maximum atomic E-state index is 13.0. The smallest absolute Gasteiger partial charge is 0.317 e. The van der Waals surface area contributed by atoms with Gasteiger partial charge in [-0.3, -0.25) is 4.79 Å². The molecule has 1 aromatic carbocycles. The van der Waals surface area contributed by atoms with Crippen molar-refractivity contribution < 1.29 is 18.7 Å². The van der Waals surface area contributed by atoms with Crippen molar-refractivity contribution in [3.8, 4) is 0 Å². The van der Waals surface area contributed by atoms with E-state index in [0.717, 1.165) is 0 Å². The van der Waals surface area contributed by atoms with Crippen LogP contribution in [0.2, 0.25) is 0 Å². The number of esters is 1. The van der Waals surface area contributed by atoms with Gasteiger partial charge in [0.2, 0.25) is 0 Å². The molecule has 19 heavy (non-hydrogen) atoms. The minimum absolute atomic E-state index is 0.0685. The molecule has 5 heteroatoms. The molecule has 0 amide bonds. The maximum absolute atomic E-state index is 13.0. The Kier molecular flexibility index (Phi) is 5.44. The number of hydrogen-bond donors (Lipinski definition) is 1. The average Bonchev–Trinajstić information content (AvgIpc) is 2.44. The molecule has 1 rings (SSSR count). The Labute approximate surface area is 112 Å². The van der Waals surface area contributed by atoms with Gasteiger partial charge in [0.1, 0.15) is 11.2 Å². The zero-order chi connectivity index (χ0) is 14.5. The van der Waals surface area contributed by atoms with Gasteiger partial charge in [0.25, 0.3) is 0 Å². The summed E-state index contributed by atoms with van der Waals surface area (Å²) in [6.45, 7) is 1.91. The first kappa shape index (κ1) is 15.6. The topological polar surface area (TPSA) is 61.5 Å². The highest BCUT2D eigenvalue weighted by molar-refractivity contribution is 5.83. The number of halogens is 1. The second-order valence-electron chi connectivity index (χ2n) is 4.54. The summed E-state index contributed by atoms with van der Waals surface area (Å²) in [5.41, 5.74) is 5.42. The molecule has 0 radical (unpaired) electrons. The third kappa shape index (κ3) is 3.30. The van der Waals surface area contributed by atoms with Crippen LogP contribution >= 0.6 is 0 Å². The van der Waals surface area contributed by atoms with Crippen LogP contribution in [0.25, 0.3) is 0 Å². The fraction of sp³-hybridized carbons (Fsp3) is 0.500. The van der Waals surface area contributed by atoms with E-state index in [4.69, 9.17) is 15.2 Å². The molecule has 2 atom stereocenters. The molecule has 1 aromatic rings. The minimum Gasteiger partial charge on any atom is -0.468 e. The number of benzene rings is 1. The van der Waals surface area contributed by atoms with Gasteiger partial charge in [-0.2, -0.15) is 0 Å². The van der Waals surface area contributed by atoms with E-state index in [1.807, 2.05) is 6.92 Å². The molecule has 0 spiro atoms. The molecule has 0 heterocycles. The van der Waals surface area contributed by atoms with Crippen LogP contribution in [-0.4, -0.2) is 32.8 Å². The SMILES string of the molecule is COC(=O)C(CN)(CC(C)OC)c1ccc(F)cc1. The van der Waals surface area contributed by atoms with E-state index < -0.39 is 11.4 Å². The lowest BCUT2D eigenvalue weighted by molar-refractivity contribution is -0.148. The first-order valence-electron chi connectivity index (χ1n) is 6.07. The summed E-state index contributed by atoms with van der Waals surface area (Å²) >= 11 is 0. The van der Waals surface area contributed by atoms with E-state index in [1.165, 1.54) is 19.2 Å². The van der Waals surface area contributed by atoms with Crippen molar-refractivity contribution in [1.82, 2.24) is 0 Å². The van der Waals surface area contributed by atoms with Crippen LogP contribution in [0.1, 0.15) is 18.9 Å². The fourth-order valence-electron chi connectivity index (χ4n) is 2.14. The first-order chi connectivity index (χ1) is 9.00. The zero-order valence-electron chi connectivity index (χ0n) is 11.5. The molecular formula is C14H20FNO3. The number of carbonyl (C=O) groups excluding carboxylic acids is 1. The van der Waals surface area contributed by atoms with E-state index in [2.05, 4.69) is 0 Å².